The van der Waals surface area contributed by atoms with E-state index in [2.05, 4.69) is 29.2 Å². The molecule has 5 nitrogen and oxygen atoms in total. The van der Waals surface area contributed by atoms with Crippen molar-refractivity contribution in [3.63, 3.8) is 0 Å². The third kappa shape index (κ3) is 3.91. The molecule has 4 bridgehead atoms. The first kappa shape index (κ1) is 22.1. The molecule has 0 radical (unpaired) electrons. The first-order valence-corrected chi connectivity index (χ1v) is 14.1. The minimum Gasteiger partial charge on any atom is -0.492 e. The Hall–Kier alpha value is -1.14. The Morgan fingerprint density at radius 3 is 2.38 bits per heavy atom. The minimum atomic E-state index is -0.0639. The van der Waals surface area contributed by atoms with Gasteiger partial charge >= 0.3 is 0 Å². The first-order valence-electron chi connectivity index (χ1n) is 14.1. The quantitative estimate of drug-likeness (QED) is 0.547. The topological polar surface area (TPSA) is 40.2 Å². The van der Waals surface area contributed by atoms with Crippen molar-refractivity contribution in [3.8, 4) is 5.75 Å². The van der Waals surface area contributed by atoms with E-state index in [-0.39, 0.29) is 11.2 Å². The van der Waals surface area contributed by atoms with Crippen LogP contribution in [0, 0.1) is 23.7 Å². The Morgan fingerprint density at radius 1 is 0.912 bits per heavy atom. The molecule has 2 spiro atoms. The standard InChI is InChI=1S/C29H41NO4/c1-2-24(23-3-5-27(6-4-23)32-13-10-30-8-11-31-12-9-30)19-28(7-1)20-29(34-33-28)25-15-21-14-22(17-25)18-26(29)16-21/h3-6,21-22,24-26H,1-2,7-20H2/t21?,22?,24-,25?,26?,28-,29?/m1/s1. The van der Waals surface area contributed by atoms with Gasteiger partial charge in [-0.3, -0.25) is 4.90 Å². The van der Waals surface area contributed by atoms with Gasteiger partial charge in [-0.2, -0.15) is 0 Å². The van der Waals surface area contributed by atoms with Crippen LogP contribution in [0.15, 0.2) is 24.3 Å². The summed E-state index contributed by atoms with van der Waals surface area (Å²) in [6.07, 6.45) is 13.0. The van der Waals surface area contributed by atoms with Crippen LogP contribution in [0.25, 0.3) is 0 Å². The van der Waals surface area contributed by atoms with Crippen molar-refractivity contribution in [2.75, 3.05) is 39.5 Å². The zero-order valence-electron chi connectivity index (χ0n) is 20.6. The van der Waals surface area contributed by atoms with Crippen LogP contribution in [-0.2, 0) is 14.5 Å². The molecule has 1 aromatic rings. The highest BCUT2D eigenvalue weighted by Gasteiger charge is 2.65. The molecule has 2 aliphatic heterocycles. The van der Waals surface area contributed by atoms with E-state index in [1.165, 1.54) is 56.9 Å². The molecule has 0 N–H and O–H groups in total. The van der Waals surface area contributed by atoms with Crippen LogP contribution >= 0.6 is 0 Å². The molecule has 2 saturated heterocycles. The third-order valence-corrected chi connectivity index (χ3v) is 10.4. The van der Waals surface area contributed by atoms with Crippen LogP contribution in [0.5, 0.6) is 5.75 Å². The molecule has 7 aliphatic rings. The normalized spacial score (nSPS) is 43.7. The number of hydrogen-bond donors (Lipinski definition) is 0. The van der Waals surface area contributed by atoms with Crippen LogP contribution in [0.4, 0.5) is 0 Å². The molecule has 0 amide bonds. The van der Waals surface area contributed by atoms with Gasteiger partial charge in [-0.05, 0) is 105 Å². The van der Waals surface area contributed by atoms with Crippen LogP contribution < -0.4 is 4.74 Å². The lowest BCUT2D eigenvalue weighted by molar-refractivity contribution is -0.385. The minimum absolute atomic E-state index is 0.0352. The monoisotopic (exact) mass is 467 g/mol. The Bertz CT molecular complexity index is 837. The fraction of sp³-hybridized carbons (Fsp3) is 0.793. The van der Waals surface area contributed by atoms with Crippen molar-refractivity contribution in [1.82, 2.24) is 4.90 Å². The highest BCUT2D eigenvalue weighted by Crippen LogP contribution is 2.65. The van der Waals surface area contributed by atoms with Gasteiger partial charge < -0.3 is 9.47 Å². The van der Waals surface area contributed by atoms with Crippen LogP contribution in [-0.4, -0.2) is 55.6 Å². The van der Waals surface area contributed by atoms with E-state index in [0.717, 1.165) is 81.7 Å². The van der Waals surface area contributed by atoms with E-state index < -0.39 is 0 Å². The van der Waals surface area contributed by atoms with E-state index in [0.29, 0.717) is 5.92 Å². The Balaban J connectivity index is 0.981. The first-order chi connectivity index (χ1) is 16.7. The van der Waals surface area contributed by atoms with Gasteiger partial charge in [0.25, 0.3) is 0 Å². The maximum Gasteiger partial charge on any atom is 0.119 e. The molecule has 7 fully saturated rings. The molecule has 5 aliphatic carbocycles. The number of morpholine rings is 1. The molecule has 2 heterocycles. The molecule has 186 valence electrons. The van der Waals surface area contributed by atoms with Gasteiger partial charge in [0.1, 0.15) is 23.6 Å². The molecule has 1 aromatic carbocycles. The second kappa shape index (κ2) is 8.76. The van der Waals surface area contributed by atoms with Crippen molar-refractivity contribution in [2.24, 2.45) is 23.7 Å². The van der Waals surface area contributed by atoms with E-state index in [1.54, 1.807) is 0 Å². The summed E-state index contributed by atoms with van der Waals surface area (Å²) in [7, 11) is 0. The zero-order valence-corrected chi connectivity index (χ0v) is 20.6. The molecule has 5 saturated carbocycles. The van der Waals surface area contributed by atoms with Gasteiger partial charge in [-0.25, -0.2) is 9.78 Å². The Labute approximate surface area is 204 Å². The summed E-state index contributed by atoms with van der Waals surface area (Å²) in [4.78, 5) is 15.3. The number of hydrogen-bond acceptors (Lipinski definition) is 5. The predicted octanol–water partition coefficient (Wildman–Crippen LogP) is 5.34. The number of benzene rings is 1. The van der Waals surface area contributed by atoms with Gasteiger partial charge in [-0.15, -0.1) is 0 Å². The molecule has 2 atom stereocenters. The molecule has 8 rings (SSSR count). The average Bonchev–Trinajstić information content (AvgIpc) is 3.22. The largest absolute Gasteiger partial charge is 0.492 e. The van der Waals surface area contributed by atoms with E-state index >= 15 is 0 Å². The van der Waals surface area contributed by atoms with E-state index in [1.807, 2.05) is 0 Å². The summed E-state index contributed by atoms with van der Waals surface area (Å²) < 4.78 is 11.5. The van der Waals surface area contributed by atoms with Gasteiger partial charge in [0.15, 0.2) is 0 Å². The van der Waals surface area contributed by atoms with Crippen LogP contribution in [0.2, 0.25) is 0 Å². The summed E-state index contributed by atoms with van der Waals surface area (Å²) in [5.74, 6) is 4.99. The Kier molecular flexibility index (Phi) is 5.69. The smallest absolute Gasteiger partial charge is 0.119 e. The molecular formula is C29H41NO4. The second-order valence-electron chi connectivity index (χ2n) is 12.5. The van der Waals surface area contributed by atoms with Crippen molar-refractivity contribution in [3.05, 3.63) is 29.8 Å². The summed E-state index contributed by atoms with van der Waals surface area (Å²) in [5.41, 5.74) is 1.41. The number of nitrogens with zero attached hydrogens (tertiary/aromatic N) is 1. The summed E-state index contributed by atoms with van der Waals surface area (Å²) in [6.45, 7) is 5.43. The molecule has 0 unspecified atom stereocenters. The molecular weight excluding hydrogens is 426 g/mol. The number of ether oxygens (including phenoxy) is 2. The van der Waals surface area contributed by atoms with Crippen LogP contribution in [0.1, 0.15) is 75.7 Å². The van der Waals surface area contributed by atoms with Crippen molar-refractivity contribution >= 4 is 0 Å². The second-order valence-corrected chi connectivity index (χ2v) is 12.5. The fourth-order valence-corrected chi connectivity index (χ4v) is 8.93. The maximum absolute atomic E-state index is 6.48. The third-order valence-electron chi connectivity index (χ3n) is 10.4. The molecule has 0 aromatic heterocycles. The van der Waals surface area contributed by atoms with Gasteiger partial charge in [0.2, 0.25) is 0 Å². The lowest BCUT2D eigenvalue weighted by Gasteiger charge is -2.58. The van der Waals surface area contributed by atoms with Gasteiger partial charge in [0.05, 0.1) is 13.2 Å². The maximum atomic E-state index is 6.48. The van der Waals surface area contributed by atoms with Crippen LogP contribution in [0.3, 0.4) is 0 Å². The lowest BCUT2D eigenvalue weighted by Crippen LogP contribution is -2.58. The van der Waals surface area contributed by atoms with Gasteiger partial charge in [0, 0.05) is 26.1 Å². The van der Waals surface area contributed by atoms with E-state index in [9.17, 15) is 0 Å². The average molecular weight is 468 g/mol. The Morgan fingerprint density at radius 2 is 1.65 bits per heavy atom. The molecule has 5 heteroatoms. The van der Waals surface area contributed by atoms with Crippen molar-refractivity contribution in [2.45, 2.75) is 81.3 Å². The SMILES string of the molecule is c1cc([C@@H]2CCC[C@@]3(C2)CC2(OO3)C3CC4CC(C3)CC2C4)ccc1OCCN1CCOCC1. The zero-order chi connectivity index (χ0) is 22.6. The number of rotatable bonds is 5. The predicted molar refractivity (Wildman–Crippen MR) is 130 cm³/mol. The highest BCUT2D eigenvalue weighted by molar-refractivity contribution is 5.30. The van der Waals surface area contributed by atoms with Crippen molar-refractivity contribution < 1.29 is 19.2 Å². The molecule has 34 heavy (non-hydrogen) atoms. The summed E-state index contributed by atoms with van der Waals surface area (Å²) >= 11 is 0. The summed E-state index contributed by atoms with van der Waals surface area (Å²) in [5, 5.41) is 0. The van der Waals surface area contributed by atoms with Gasteiger partial charge in [-0.1, -0.05) is 12.1 Å². The summed E-state index contributed by atoms with van der Waals surface area (Å²) in [6, 6.07) is 8.92. The van der Waals surface area contributed by atoms with Crippen molar-refractivity contribution in [1.29, 1.82) is 0 Å². The highest BCUT2D eigenvalue weighted by atomic mass is 17.2. The van der Waals surface area contributed by atoms with E-state index in [4.69, 9.17) is 19.2 Å². The fourth-order valence-electron chi connectivity index (χ4n) is 8.93. The lowest BCUT2D eigenvalue weighted by atomic mass is 9.48.